The molecule has 18 heavy (non-hydrogen) atoms. The van der Waals surface area contributed by atoms with Gasteiger partial charge < -0.3 is 4.90 Å². The molecule has 0 radical (unpaired) electrons. The van der Waals surface area contributed by atoms with Crippen LogP contribution in [0.2, 0.25) is 0 Å². The van der Waals surface area contributed by atoms with Crippen LogP contribution in [-0.2, 0) is 4.79 Å². The number of anilines is 1. The van der Waals surface area contributed by atoms with Crippen LogP contribution in [0.1, 0.15) is 19.3 Å². The van der Waals surface area contributed by atoms with Crippen LogP contribution in [-0.4, -0.2) is 51.1 Å². The molecule has 0 aromatic carbocycles. The van der Waals surface area contributed by atoms with Gasteiger partial charge >= 0.3 is 0 Å². The minimum Gasteiger partial charge on any atom is -0.302 e. The van der Waals surface area contributed by atoms with Crippen molar-refractivity contribution in [3.05, 3.63) is 0 Å². The number of aromatic nitrogens is 4. The third kappa shape index (κ3) is 3.24. The van der Waals surface area contributed by atoms with E-state index in [-0.39, 0.29) is 17.8 Å². The van der Waals surface area contributed by atoms with Gasteiger partial charge in [-0.15, -0.1) is 5.10 Å². The fourth-order valence-corrected chi connectivity index (χ4v) is 2.11. The average Bonchev–Trinajstić information content (AvgIpc) is 2.89. The van der Waals surface area contributed by atoms with Crippen LogP contribution in [0.5, 0.6) is 0 Å². The number of hydrogen-bond acceptors (Lipinski definition) is 6. The van der Waals surface area contributed by atoms with Crippen LogP contribution in [0, 0.1) is 17.2 Å². The van der Waals surface area contributed by atoms with E-state index in [1.54, 1.807) is 0 Å². The van der Waals surface area contributed by atoms with E-state index in [0.717, 1.165) is 25.9 Å². The molecule has 0 bridgehead atoms. The third-order valence-electron chi connectivity index (χ3n) is 3.00. The molecule has 0 spiro atoms. The van der Waals surface area contributed by atoms with Gasteiger partial charge in [0.1, 0.15) is 0 Å². The molecule has 96 valence electrons. The molecular formula is C10H15N7O. The number of amides is 1. The number of carbonyl (C=O) groups is 1. The van der Waals surface area contributed by atoms with Crippen LogP contribution in [0.25, 0.3) is 0 Å². The summed E-state index contributed by atoms with van der Waals surface area (Å²) < 4.78 is 0. The molecular weight excluding hydrogens is 234 g/mol. The highest BCUT2D eigenvalue weighted by molar-refractivity contribution is 5.91. The van der Waals surface area contributed by atoms with Crippen LogP contribution in [0.15, 0.2) is 0 Å². The molecule has 1 saturated heterocycles. The van der Waals surface area contributed by atoms with Crippen molar-refractivity contribution in [1.29, 1.82) is 5.26 Å². The average molecular weight is 249 g/mol. The van der Waals surface area contributed by atoms with Crippen LogP contribution in [0.3, 0.4) is 0 Å². The second-order valence-corrected chi connectivity index (χ2v) is 4.27. The van der Waals surface area contributed by atoms with E-state index in [4.69, 9.17) is 5.26 Å². The van der Waals surface area contributed by atoms with Gasteiger partial charge in [-0.3, -0.25) is 10.1 Å². The second-order valence-electron chi connectivity index (χ2n) is 4.27. The maximum absolute atomic E-state index is 12.0. The van der Waals surface area contributed by atoms with Crippen molar-refractivity contribution >= 4 is 11.9 Å². The fraction of sp³-hybridized carbons (Fsp3) is 0.700. The summed E-state index contributed by atoms with van der Waals surface area (Å²) in [5, 5.41) is 24.2. The summed E-state index contributed by atoms with van der Waals surface area (Å²) >= 11 is 0. The molecule has 0 saturated carbocycles. The predicted molar refractivity (Wildman–Crippen MR) is 62.2 cm³/mol. The number of rotatable bonds is 4. The Morgan fingerprint density at radius 2 is 2.56 bits per heavy atom. The molecule has 1 unspecified atom stereocenters. The van der Waals surface area contributed by atoms with Crippen molar-refractivity contribution < 1.29 is 4.79 Å². The zero-order valence-electron chi connectivity index (χ0n) is 9.96. The van der Waals surface area contributed by atoms with Gasteiger partial charge in [0.05, 0.1) is 12.0 Å². The Morgan fingerprint density at radius 3 is 3.28 bits per heavy atom. The topological polar surface area (TPSA) is 111 Å². The Morgan fingerprint density at radius 1 is 1.67 bits per heavy atom. The first kappa shape index (κ1) is 12.4. The van der Waals surface area contributed by atoms with Crippen molar-refractivity contribution in [3.63, 3.8) is 0 Å². The SMILES string of the molecule is N#CCCN1CCCC(C(=O)Nc2nn[nH]n2)C1. The molecule has 1 aliphatic heterocycles. The van der Waals surface area contributed by atoms with Crippen molar-refractivity contribution in [2.45, 2.75) is 19.3 Å². The lowest BCUT2D eigenvalue weighted by molar-refractivity contribution is -0.121. The van der Waals surface area contributed by atoms with E-state index in [0.29, 0.717) is 13.0 Å². The first-order chi connectivity index (χ1) is 8.79. The molecule has 8 heteroatoms. The smallest absolute Gasteiger partial charge is 0.269 e. The van der Waals surface area contributed by atoms with Crippen molar-refractivity contribution in [2.24, 2.45) is 5.92 Å². The summed E-state index contributed by atoms with van der Waals surface area (Å²) in [6.45, 7) is 2.36. The summed E-state index contributed by atoms with van der Waals surface area (Å²) in [5.41, 5.74) is 0. The van der Waals surface area contributed by atoms with Crippen LogP contribution >= 0.6 is 0 Å². The maximum Gasteiger partial charge on any atom is 0.269 e. The number of carbonyl (C=O) groups excluding carboxylic acids is 1. The molecule has 2 heterocycles. The molecule has 2 N–H and O–H groups in total. The predicted octanol–water partition coefficient (Wildman–Crippen LogP) is -0.236. The van der Waals surface area contributed by atoms with Gasteiger partial charge in [-0.2, -0.15) is 10.5 Å². The lowest BCUT2D eigenvalue weighted by atomic mass is 9.97. The molecule has 2 rings (SSSR count). The second kappa shape index (κ2) is 6.07. The maximum atomic E-state index is 12.0. The molecule has 1 fully saturated rings. The zero-order chi connectivity index (χ0) is 12.8. The van der Waals surface area contributed by atoms with Gasteiger partial charge in [0, 0.05) is 19.5 Å². The summed E-state index contributed by atoms with van der Waals surface area (Å²) in [6.07, 6.45) is 2.32. The van der Waals surface area contributed by atoms with Crippen molar-refractivity contribution in [1.82, 2.24) is 25.5 Å². The third-order valence-corrected chi connectivity index (χ3v) is 3.00. The zero-order valence-corrected chi connectivity index (χ0v) is 9.96. The highest BCUT2D eigenvalue weighted by Gasteiger charge is 2.26. The normalized spacial score (nSPS) is 20.3. The van der Waals surface area contributed by atoms with E-state index in [2.05, 4.69) is 36.9 Å². The summed E-state index contributed by atoms with van der Waals surface area (Å²) in [6, 6.07) is 2.12. The number of nitriles is 1. The Bertz CT molecular complexity index is 424. The van der Waals surface area contributed by atoms with Gasteiger partial charge in [0.2, 0.25) is 5.91 Å². The largest absolute Gasteiger partial charge is 0.302 e. The Hall–Kier alpha value is -2.01. The number of likely N-dealkylation sites (tertiary alicyclic amines) is 1. The molecule has 1 aromatic heterocycles. The molecule has 8 nitrogen and oxygen atoms in total. The minimum absolute atomic E-state index is 0.0732. The Kier molecular flexibility index (Phi) is 4.20. The van der Waals surface area contributed by atoms with E-state index in [1.807, 2.05) is 0 Å². The molecule has 0 aliphatic carbocycles. The van der Waals surface area contributed by atoms with Gasteiger partial charge in [-0.25, -0.2) is 0 Å². The van der Waals surface area contributed by atoms with E-state index >= 15 is 0 Å². The first-order valence-electron chi connectivity index (χ1n) is 5.93. The van der Waals surface area contributed by atoms with Gasteiger partial charge in [0.15, 0.2) is 0 Å². The van der Waals surface area contributed by atoms with E-state index in [9.17, 15) is 4.79 Å². The van der Waals surface area contributed by atoms with Crippen LogP contribution < -0.4 is 5.32 Å². The number of nitrogens with one attached hydrogen (secondary N) is 2. The number of nitrogens with zero attached hydrogens (tertiary/aromatic N) is 5. The highest BCUT2D eigenvalue weighted by atomic mass is 16.2. The Balaban J connectivity index is 1.84. The minimum atomic E-state index is -0.0851. The molecule has 1 amide bonds. The van der Waals surface area contributed by atoms with Gasteiger partial charge in [0.25, 0.3) is 5.95 Å². The summed E-state index contributed by atoms with van der Waals surface area (Å²) in [5.74, 6) is 0.0446. The van der Waals surface area contributed by atoms with Gasteiger partial charge in [-0.05, 0) is 24.6 Å². The summed E-state index contributed by atoms with van der Waals surface area (Å²) in [4.78, 5) is 14.1. The lowest BCUT2D eigenvalue weighted by Gasteiger charge is -2.31. The highest BCUT2D eigenvalue weighted by Crippen LogP contribution is 2.17. The number of hydrogen-bond donors (Lipinski definition) is 2. The van der Waals surface area contributed by atoms with Crippen molar-refractivity contribution in [3.8, 4) is 6.07 Å². The summed E-state index contributed by atoms with van der Waals surface area (Å²) in [7, 11) is 0. The van der Waals surface area contributed by atoms with Gasteiger partial charge in [-0.1, -0.05) is 5.10 Å². The standard InChI is InChI=1S/C10H15N7O/c11-4-2-6-17-5-1-3-8(7-17)9(18)12-10-13-15-16-14-10/h8H,1-3,5-7H2,(H2,12,13,14,15,16,18). The molecule has 1 aromatic rings. The van der Waals surface area contributed by atoms with E-state index < -0.39 is 0 Å². The number of piperidine rings is 1. The number of H-pyrrole nitrogens is 1. The quantitative estimate of drug-likeness (QED) is 0.762. The fourth-order valence-electron chi connectivity index (χ4n) is 2.11. The lowest BCUT2D eigenvalue weighted by Crippen LogP contribution is -2.41. The first-order valence-corrected chi connectivity index (χ1v) is 5.93. The molecule has 1 atom stereocenters. The molecule has 1 aliphatic rings. The van der Waals surface area contributed by atoms with E-state index in [1.165, 1.54) is 0 Å². The number of tetrazole rings is 1. The number of aromatic amines is 1. The Labute approximate surface area is 104 Å². The van der Waals surface area contributed by atoms with Crippen molar-refractivity contribution in [2.75, 3.05) is 25.0 Å². The monoisotopic (exact) mass is 249 g/mol. The van der Waals surface area contributed by atoms with Crippen LogP contribution in [0.4, 0.5) is 5.95 Å².